The highest BCUT2D eigenvalue weighted by molar-refractivity contribution is 7.92. The average molecular weight is 358 g/mol. The summed E-state index contributed by atoms with van der Waals surface area (Å²) in [5, 5.41) is 0.968. The Labute approximate surface area is 141 Å². The Balaban J connectivity index is 2.45. The van der Waals surface area contributed by atoms with Gasteiger partial charge in [0.2, 0.25) is 10.0 Å². The van der Waals surface area contributed by atoms with Crippen LogP contribution in [0.3, 0.4) is 0 Å². The summed E-state index contributed by atoms with van der Waals surface area (Å²) in [5.41, 5.74) is 3.47. The molecule has 6 heteroatoms. The number of benzene rings is 2. The van der Waals surface area contributed by atoms with Crippen molar-refractivity contribution in [2.24, 2.45) is 0 Å². The van der Waals surface area contributed by atoms with Gasteiger partial charge in [-0.25, -0.2) is 8.42 Å². The van der Waals surface area contributed by atoms with Crippen molar-refractivity contribution in [3.63, 3.8) is 0 Å². The first-order chi connectivity index (χ1) is 10.2. The molecule has 3 nitrogen and oxygen atoms in total. The van der Waals surface area contributed by atoms with E-state index in [1.165, 1.54) is 10.6 Å². The van der Waals surface area contributed by atoms with Crippen LogP contribution < -0.4 is 4.31 Å². The van der Waals surface area contributed by atoms with Crippen LogP contribution in [0.4, 0.5) is 5.69 Å². The molecular weight excluding hydrogens is 341 g/mol. The normalized spacial score (nSPS) is 11.5. The van der Waals surface area contributed by atoms with Crippen LogP contribution in [0.2, 0.25) is 10.0 Å². The van der Waals surface area contributed by atoms with Gasteiger partial charge >= 0.3 is 0 Å². The number of aryl methyl sites for hydroxylation is 2. The number of hydrogen-bond donors (Lipinski definition) is 0. The largest absolute Gasteiger partial charge is 0.266 e. The number of nitrogens with zero attached hydrogens (tertiary/aromatic N) is 1. The van der Waals surface area contributed by atoms with Crippen LogP contribution in [0.1, 0.15) is 16.7 Å². The molecule has 2 aromatic carbocycles. The number of hydrogen-bond acceptors (Lipinski definition) is 2. The third kappa shape index (κ3) is 3.94. The predicted molar refractivity (Wildman–Crippen MR) is 93.4 cm³/mol. The lowest BCUT2D eigenvalue weighted by molar-refractivity contribution is 0.596. The molecule has 0 radical (unpaired) electrons. The fourth-order valence-electron chi connectivity index (χ4n) is 2.09. The zero-order valence-corrected chi connectivity index (χ0v) is 14.9. The summed E-state index contributed by atoms with van der Waals surface area (Å²) in [6.07, 6.45) is 1.19. The standard InChI is InChI=1S/C16H17Cl2NO2S/c1-11-4-7-15(8-12(11)2)19(22(3,20)21)10-13-5-6-14(17)9-16(13)18/h4-9H,10H2,1-3H3. The molecule has 118 valence electrons. The van der Waals surface area contributed by atoms with E-state index >= 15 is 0 Å². The summed E-state index contributed by atoms with van der Waals surface area (Å²) >= 11 is 12.0. The second-order valence-electron chi connectivity index (χ2n) is 5.27. The minimum absolute atomic E-state index is 0.164. The van der Waals surface area contributed by atoms with Gasteiger partial charge in [0, 0.05) is 10.0 Å². The third-order valence-corrected chi connectivity index (χ3v) is 5.24. The Morgan fingerprint density at radius 1 is 1.00 bits per heavy atom. The summed E-state index contributed by atoms with van der Waals surface area (Å²) < 4.78 is 25.7. The highest BCUT2D eigenvalue weighted by Crippen LogP contribution is 2.27. The van der Waals surface area contributed by atoms with E-state index in [1.807, 2.05) is 26.0 Å². The molecule has 0 aromatic heterocycles. The Morgan fingerprint density at radius 2 is 1.68 bits per heavy atom. The Morgan fingerprint density at radius 3 is 2.23 bits per heavy atom. The van der Waals surface area contributed by atoms with Crippen LogP contribution in [-0.2, 0) is 16.6 Å². The van der Waals surface area contributed by atoms with Gasteiger partial charge in [0.1, 0.15) is 0 Å². The average Bonchev–Trinajstić information content (AvgIpc) is 2.40. The van der Waals surface area contributed by atoms with Crippen molar-refractivity contribution in [1.29, 1.82) is 0 Å². The summed E-state index contributed by atoms with van der Waals surface area (Å²) in [4.78, 5) is 0. The second kappa shape index (κ2) is 6.49. The first-order valence-electron chi connectivity index (χ1n) is 6.67. The number of rotatable bonds is 4. The molecule has 0 fully saturated rings. The van der Waals surface area contributed by atoms with E-state index in [2.05, 4.69) is 0 Å². The van der Waals surface area contributed by atoms with Crippen LogP contribution in [0, 0.1) is 13.8 Å². The maximum absolute atomic E-state index is 12.2. The molecule has 2 rings (SSSR count). The van der Waals surface area contributed by atoms with Crippen LogP contribution in [0.15, 0.2) is 36.4 Å². The minimum atomic E-state index is -3.43. The fourth-order valence-corrected chi connectivity index (χ4v) is 3.42. The number of anilines is 1. The maximum atomic E-state index is 12.2. The van der Waals surface area contributed by atoms with E-state index in [0.29, 0.717) is 21.3 Å². The fraction of sp³-hybridized carbons (Fsp3) is 0.250. The molecule has 0 spiro atoms. The molecule has 0 aliphatic heterocycles. The number of sulfonamides is 1. The SMILES string of the molecule is Cc1ccc(N(Cc2ccc(Cl)cc2Cl)S(C)(=O)=O)cc1C. The predicted octanol–water partition coefficient (Wildman–Crippen LogP) is 4.58. The Hall–Kier alpha value is -1.23. The van der Waals surface area contributed by atoms with Crippen LogP contribution in [0.5, 0.6) is 0 Å². The third-order valence-electron chi connectivity index (χ3n) is 3.51. The van der Waals surface area contributed by atoms with Gasteiger partial charge in [0.25, 0.3) is 0 Å². The number of halogens is 2. The van der Waals surface area contributed by atoms with Gasteiger partial charge in [0.05, 0.1) is 18.5 Å². The molecule has 0 atom stereocenters. The monoisotopic (exact) mass is 357 g/mol. The molecule has 2 aromatic rings. The second-order valence-corrected chi connectivity index (χ2v) is 8.02. The van der Waals surface area contributed by atoms with E-state index in [-0.39, 0.29) is 6.54 Å². The highest BCUT2D eigenvalue weighted by Gasteiger charge is 2.19. The maximum Gasteiger partial charge on any atom is 0.232 e. The molecule has 0 saturated heterocycles. The van der Waals surface area contributed by atoms with Gasteiger partial charge in [-0.3, -0.25) is 4.31 Å². The van der Waals surface area contributed by atoms with Crippen molar-refractivity contribution in [2.75, 3.05) is 10.6 Å². The van der Waals surface area contributed by atoms with E-state index in [0.717, 1.165) is 11.1 Å². The summed E-state index contributed by atoms with van der Waals surface area (Å²) in [6, 6.07) is 10.6. The lowest BCUT2D eigenvalue weighted by Gasteiger charge is -2.24. The van der Waals surface area contributed by atoms with Crippen molar-refractivity contribution >= 4 is 38.9 Å². The summed E-state index contributed by atoms with van der Waals surface area (Å²) in [6.45, 7) is 4.10. The van der Waals surface area contributed by atoms with Gasteiger partial charge in [0.15, 0.2) is 0 Å². The van der Waals surface area contributed by atoms with Crippen LogP contribution in [0.25, 0.3) is 0 Å². The van der Waals surface area contributed by atoms with E-state index < -0.39 is 10.0 Å². The van der Waals surface area contributed by atoms with Crippen LogP contribution >= 0.6 is 23.2 Å². The summed E-state index contributed by atoms with van der Waals surface area (Å²) in [7, 11) is -3.43. The van der Waals surface area contributed by atoms with Crippen molar-refractivity contribution in [1.82, 2.24) is 0 Å². The van der Waals surface area contributed by atoms with Gasteiger partial charge in [-0.2, -0.15) is 0 Å². The van der Waals surface area contributed by atoms with Gasteiger partial charge in [-0.05, 0) is 54.8 Å². The van der Waals surface area contributed by atoms with Crippen molar-refractivity contribution in [3.05, 3.63) is 63.1 Å². The van der Waals surface area contributed by atoms with Crippen molar-refractivity contribution in [2.45, 2.75) is 20.4 Å². The smallest absolute Gasteiger partial charge is 0.232 e. The quantitative estimate of drug-likeness (QED) is 0.803. The Kier molecular flexibility index (Phi) is 5.05. The Bertz CT molecular complexity index is 804. The zero-order valence-electron chi connectivity index (χ0n) is 12.6. The molecule has 0 unspecified atom stereocenters. The highest BCUT2D eigenvalue weighted by atomic mass is 35.5. The lowest BCUT2D eigenvalue weighted by atomic mass is 10.1. The molecule has 0 heterocycles. The molecule has 22 heavy (non-hydrogen) atoms. The van der Waals surface area contributed by atoms with E-state index in [1.54, 1.807) is 24.3 Å². The molecule has 0 aliphatic carbocycles. The molecule has 0 aliphatic rings. The lowest BCUT2D eigenvalue weighted by Crippen LogP contribution is -2.29. The van der Waals surface area contributed by atoms with E-state index in [4.69, 9.17) is 23.2 Å². The molecule has 0 saturated carbocycles. The zero-order chi connectivity index (χ0) is 16.5. The molecule has 0 N–H and O–H groups in total. The molecular formula is C16H17Cl2NO2S. The van der Waals surface area contributed by atoms with Crippen molar-refractivity contribution in [3.8, 4) is 0 Å². The molecule has 0 bridgehead atoms. The van der Waals surface area contributed by atoms with E-state index in [9.17, 15) is 8.42 Å². The van der Waals surface area contributed by atoms with Gasteiger partial charge < -0.3 is 0 Å². The first-order valence-corrected chi connectivity index (χ1v) is 9.28. The van der Waals surface area contributed by atoms with Gasteiger partial charge in [-0.1, -0.05) is 35.3 Å². The van der Waals surface area contributed by atoms with Crippen molar-refractivity contribution < 1.29 is 8.42 Å². The topological polar surface area (TPSA) is 37.4 Å². The minimum Gasteiger partial charge on any atom is -0.266 e. The van der Waals surface area contributed by atoms with Gasteiger partial charge in [-0.15, -0.1) is 0 Å². The summed E-state index contributed by atoms with van der Waals surface area (Å²) in [5.74, 6) is 0. The van der Waals surface area contributed by atoms with Crippen LogP contribution in [-0.4, -0.2) is 14.7 Å². The molecule has 0 amide bonds. The first kappa shape index (κ1) is 17.1.